The molecular weight excluding hydrogens is 168 g/mol. The van der Waals surface area contributed by atoms with Crippen LogP contribution in [-0.2, 0) is 9.53 Å². The zero-order valence-electron chi connectivity index (χ0n) is 8.38. The maximum absolute atomic E-state index is 10.6. The highest BCUT2D eigenvalue weighted by Crippen LogP contribution is 2.37. The lowest BCUT2D eigenvalue weighted by Crippen LogP contribution is -2.42. The molecule has 1 rings (SSSR count). The number of carboxylic acids is 1. The predicted octanol–water partition coefficient (Wildman–Crippen LogP) is 1.91. The Morgan fingerprint density at radius 1 is 1.62 bits per heavy atom. The molecule has 0 saturated carbocycles. The van der Waals surface area contributed by atoms with Crippen molar-refractivity contribution in [3.05, 3.63) is 0 Å². The summed E-state index contributed by atoms with van der Waals surface area (Å²) in [5.41, 5.74) is 0.295. The van der Waals surface area contributed by atoms with Crippen LogP contribution in [0.1, 0.15) is 33.1 Å². The van der Waals surface area contributed by atoms with Gasteiger partial charge in [-0.15, -0.1) is 0 Å². The fraction of sp³-hybridized carbons (Fsp3) is 0.900. The van der Waals surface area contributed by atoms with Crippen molar-refractivity contribution < 1.29 is 14.6 Å². The van der Waals surface area contributed by atoms with Crippen molar-refractivity contribution in [2.75, 3.05) is 13.2 Å². The van der Waals surface area contributed by atoms with E-state index >= 15 is 0 Å². The summed E-state index contributed by atoms with van der Waals surface area (Å²) in [7, 11) is 0. The molecule has 1 fully saturated rings. The molecule has 76 valence electrons. The van der Waals surface area contributed by atoms with E-state index in [4.69, 9.17) is 9.84 Å². The van der Waals surface area contributed by atoms with Gasteiger partial charge < -0.3 is 9.84 Å². The number of hydrogen-bond acceptors (Lipinski definition) is 2. The molecule has 1 aliphatic rings. The lowest BCUT2D eigenvalue weighted by molar-refractivity contribution is -0.144. The molecule has 1 aliphatic heterocycles. The Morgan fingerprint density at radius 3 is 2.54 bits per heavy atom. The van der Waals surface area contributed by atoms with E-state index in [1.54, 1.807) is 6.92 Å². The van der Waals surface area contributed by atoms with Gasteiger partial charge in [0, 0.05) is 5.41 Å². The Balaban J connectivity index is 2.28. The van der Waals surface area contributed by atoms with Gasteiger partial charge in [-0.2, -0.15) is 0 Å². The largest absolute Gasteiger partial charge is 0.481 e. The van der Waals surface area contributed by atoms with Crippen LogP contribution in [0.5, 0.6) is 0 Å². The van der Waals surface area contributed by atoms with Gasteiger partial charge in [0.15, 0.2) is 0 Å². The van der Waals surface area contributed by atoms with Gasteiger partial charge in [0.05, 0.1) is 19.1 Å². The van der Waals surface area contributed by atoms with E-state index in [0.717, 1.165) is 32.5 Å². The first-order chi connectivity index (χ1) is 6.09. The lowest BCUT2D eigenvalue weighted by atomic mass is 9.77. The summed E-state index contributed by atoms with van der Waals surface area (Å²) in [5, 5.41) is 8.71. The first kappa shape index (κ1) is 10.5. The van der Waals surface area contributed by atoms with Crippen molar-refractivity contribution in [3.63, 3.8) is 0 Å². The smallest absolute Gasteiger partial charge is 0.306 e. The van der Waals surface area contributed by atoms with Crippen molar-refractivity contribution in [2.24, 2.45) is 11.3 Å². The van der Waals surface area contributed by atoms with Crippen molar-refractivity contribution in [2.45, 2.75) is 33.1 Å². The number of carbonyl (C=O) groups is 1. The molecule has 0 radical (unpaired) electrons. The zero-order chi connectivity index (χ0) is 9.90. The standard InChI is InChI=1S/C10H18O3/c1-3-10(6-13-7-10)5-4-8(2)9(11)12/h8H,3-7H2,1-2H3,(H,11,12). The molecule has 0 aromatic heterocycles. The second-order valence-corrected chi connectivity index (χ2v) is 4.12. The van der Waals surface area contributed by atoms with Gasteiger partial charge in [0.25, 0.3) is 0 Å². The fourth-order valence-corrected chi connectivity index (χ4v) is 1.56. The highest BCUT2D eigenvalue weighted by Gasteiger charge is 2.36. The maximum Gasteiger partial charge on any atom is 0.306 e. The highest BCUT2D eigenvalue weighted by atomic mass is 16.5. The first-order valence-corrected chi connectivity index (χ1v) is 4.90. The van der Waals surface area contributed by atoms with E-state index in [-0.39, 0.29) is 5.92 Å². The molecule has 0 bridgehead atoms. The summed E-state index contributed by atoms with van der Waals surface area (Å²) in [6.07, 6.45) is 2.85. The maximum atomic E-state index is 10.6. The van der Waals surface area contributed by atoms with Crippen LogP contribution >= 0.6 is 0 Å². The van der Waals surface area contributed by atoms with Crippen LogP contribution in [-0.4, -0.2) is 24.3 Å². The van der Waals surface area contributed by atoms with Gasteiger partial charge in [-0.25, -0.2) is 0 Å². The number of carboxylic acid groups (broad SMARTS) is 1. The third kappa shape index (κ3) is 2.44. The van der Waals surface area contributed by atoms with Crippen LogP contribution in [0.2, 0.25) is 0 Å². The number of aliphatic carboxylic acids is 1. The van der Waals surface area contributed by atoms with Crippen LogP contribution in [0.15, 0.2) is 0 Å². The molecule has 1 N–H and O–H groups in total. The Bertz CT molecular complexity index is 179. The summed E-state index contributed by atoms with van der Waals surface area (Å²) in [6, 6.07) is 0. The van der Waals surface area contributed by atoms with Crippen LogP contribution in [0.4, 0.5) is 0 Å². The predicted molar refractivity (Wildman–Crippen MR) is 49.6 cm³/mol. The normalized spacial score (nSPS) is 22.0. The Kier molecular flexibility index (Phi) is 3.31. The second kappa shape index (κ2) is 4.09. The molecule has 1 saturated heterocycles. The van der Waals surface area contributed by atoms with Crippen LogP contribution in [0, 0.1) is 11.3 Å². The minimum atomic E-state index is -0.688. The van der Waals surface area contributed by atoms with Crippen molar-refractivity contribution in [1.29, 1.82) is 0 Å². The zero-order valence-corrected chi connectivity index (χ0v) is 8.38. The Hall–Kier alpha value is -0.570. The van der Waals surface area contributed by atoms with Crippen LogP contribution < -0.4 is 0 Å². The van der Waals surface area contributed by atoms with Crippen molar-refractivity contribution in [1.82, 2.24) is 0 Å². The van der Waals surface area contributed by atoms with Crippen LogP contribution in [0.3, 0.4) is 0 Å². The Morgan fingerprint density at radius 2 is 2.23 bits per heavy atom. The van der Waals surface area contributed by atoms with E-state index in [0.29, 0.717) is 5.41 Å². The monoisotopic (exact) mass is 186 g/mol. The van der Waals surface area contributed by atoms with Gasteiger partial charge in [-0.1, -0.05) is 13.8 Å². The Labute approximate surface area is 79.1 Å². The lowest BCUT2D eigenvalue weighted by Gasteiger charge is -2.41. The summed E-state index contributed by atoms with van der Waals surface area (Å²) in [6.45, 7) is 5.55. The van der Waals surface area contributed by atoms with Gasteiger partial charge >= 0.3 is 5.97 Å². The number of rotatable bonds is 5. The van der Waals surface area contributed by atoms with Gasteiger partial charge in [-0.05, 0) is 19.3 Å². The first-order valence-electron chi connectivity index (χ1n) is 4.90. The summed E-state index contributed by atoms with van der Waals surface area (Å²) in [4.78, 5) is 10.6. The topological polar surface area (TPSA) is 46.5 Å². The minimum absolute atomic E-state index is 0.218. The van der Waals surface area contributed by atoms with E-state index in [9.17, 15) is 4.79 Å². The summed E-state index contributed by atoms with van der Waals surface area (Å²) >= 11 is 0. The minimum Gasteiger partial charge on any atom is -0.481 e. The molecule has 0 aromatic carbocycles. The van der Waals surface area contributed by atoms with Crippen molar-refractivity contribution >= 4 is 5.97 Å². The average Bonchev–Trinajstić information content (AvgIpc) is 2.02. The van der Waals surface area contributed by atoms with Gasteiger partial charge in [0.2, 0.25) is 0 Å². The SMILES string of the molecule is CCC1(CCC(C)C(=O)O)COC1. The molecule has 3 heteroatoms. The van der Waals surface area contributed by atoms with E-state index in [2.05, 4.69) is 6.92 Å². The number of ether oxygens (including phenoxy) is 1. The molecular formula is C10H18O3. The van der Waals surface area contributed by atoms with E-state index < -0.39 is 5.97 Å². The molecule has 3 nitrogen and oxygen atoms in total. The molecule has 13 heavy (non-hydrogen) atoms. The molecule has 0 amide bonds. The average molecular weight is 186 g/mol. The van der Waals surface area contributed by atoms with Gasteiger partial charge in [0.1, 0.15) is 0 Å². The third-order valence-corrected chi connectivity index (χ3v) is 3.10. The molecule has 1 atom stereocenters. The molecule has 0 aliphatic carbocycles. The van der Waals surface area contributed by atoms with Crippen molar-refractivity contribution in [3.8, 4) is 0 Å². The number of hydrogen-bond donors (Lipinski definition) is 1. The summed E-state index contributed by atoms with van der Waals surface area (Å²) in [5.74, 6) is -0.907. The van der Waals surface area contributed by atoms with Crippen LogP contribution in [0.25, 0.3) is 0 Å². The molecule has 1 heterocycles. The quantitative estimate of drug-likeness (QED) is 0.713. The summed E-state index contributed by atoms with van der Waals surface area (Å²) < 4.78 is 5.17. The third-order valence-electron chi connectivity index (χ3n) is 3.10. The molecule has 1 unspecified atom stereocenters. The van der Waals surface area contributed by atoms with E-state index in [1.165, 1.54) is 0 Å². The van der Waals surface area contributed by atoms with Gasteiger partial charge in [-0.3, -0.25) is 4.79 Å². The molecule has 0 aromatic rings. The van der Waals surface area contributed by atoms with E-state index in [1.807, 2.05) is 0 Å². The fourth-order valence-electron chi connectivity index (χ4n) is 1.56. The molecule has 0 spiro atoms. The highest BCUT2D eigenvalue weighted by molar-refractivity contribution is 5.69. The second-order valence-electron chi connectivity index (χ2n) is 4.12.